The van der Waals surface area contributed by atoms with E-state index in [1.165, 1.54) is 6.07 Å². The highest BCUT2D eigenvalue weighted by Crippen LogP contribution is 2.34. The van der Waals surface area contributed by atoms with Crippen LogP contribution in [0.25, 0.3) is 0 Å². The number of rotatable bonds is 3. The van der Waals surface area contributed by atoms with E-state index in [0.717, 1.165) is 11.3 Å². The zero-order valence-corrected chi connectivity index (χ0v) is 12.7. The molecule has 1 aromatic carbocycles. The molecule has 22 heavy (non-hydrogen) atoms. The van der Waals surface area contributed by atoms with Gasteiger partial charge in [0.05, 0.1) is 0 Å². The molecular formula is C16H14ClNO4. The zero-order chi connectivity index (χ0) is 15.9. The molecule has 0 fully saturated rings. The molecule has 3 rings (SSSR count). The first-order valence-electron chi connectivity index (χ1n) is 6.98. The quantitative estimate of drug-likeness (QED) is 0.941. The fourth-order valence-electron chi connectivity index (χ4n) is 2.71. The lowest BCUT2D eigenvalue weighted by Gasteiger charge is -2.15. The predicted molar refractivity (Wildman–Crippen MR) is 81.9 cm³/mol. The number of hydrogen-bond acceptors (Lipinski definition) is 3. The number of carbonyl (C=O) groups excluding carboxylic acids is 1. The number of hydrogen-bond donors (Lipinski definition) is 1. The number of carbonyl (C=O) groups is 2. The van der Waals surface area contributed by atoms with Gasteiger partial charge in [-0.3, -0.25) is 4.79 Å². The van der Waals surface area contributed by atoms with Crippen LogP contribution in [0.2, 0.25) is 5.02 Å². The van der Waals surface area contributed by atoms with E-state index in [2.05, 4.69) is 0 Å². The van der Waals surface area contributed by atoms with Crippen molar-refractivity contribution in [2.24, 2.45) is 0 Å². The van der Waals surface area contributed by atoms with E-state index in [1.807, 2.05) is 6.07 Å². The van der Waals surface area contributed by atoms with Crippen molar-refractivity contribution in [3.8, 4) is 0 Å². The first-order valence-corrected chi connectivity index (χ1v) is 7.36. The van der Waals surface area contributed by atoms with Crippen LogP contribution in [0.1, 0.15) is 39.2 Å². The monoisotopic (exact) mass is 319 g/mol. The second-order valence-corrected chi connectivity index (χ2v) is 5.46. The van der Waals surface area contributed by atoms with Gasteiger partial charge in [-0.2, -0.15) is 0 Å². The topological polar surface area (TPSA) is 70.8 Å². The number of aryl methyl sites for hydroxylation is 1. The molecule has 114 valence electrons. The van der Waals surface area contributed by atoms with Crippen molar-refractivity contribution >= 4 is 29.2 Å². The summed E-state index contributed by atoms with van der Waals surface area (Å²) in [5, 5.41) is 9.78. The molecule has 0 spiro atoms. The SMILES string of the molecule is CCc1oc(C(=O)N2CCc3c(Cl)cccc32)cc1C(=O)O. The molecule has 0 bridgehead atoms. The Bertz CT molecular complexity index is 766. The molecule has 0 aliphatic carbocycles. The maximum atomic E-state index is 12.6. The first kappa shape index (κ1) is 14.7. The summed E-state index contributed by atoms with van der Waals surface area (Å²) in [6, 6.07) is 6.70. The highest BCUT2D eigenvalue weighted by Gasteiger charge is 2.30. The Kier molecular flexibility index (Phi) is 3.66. The fourth-order valence-corrected chi connectivity index (χ4v) is 2.98. The summed E-state index contributed by atoms with van der Waals surface area (Å²) in [7, 11) is 0. The average molecular weight is 320 g/mol. The summed E-state index contributed by atoms with van der Waals surface area (Å²) >= 11 is 6.14. The molecule has 0 unspecified atom stereocenters. The third-order valence-electron chi connectivity index (χ3n) is 3.79. The number of nitrogens with zero attached hydrogens (tertiary/aromatic N) is 1. The summed E-state index contributed by atoms with van der Waals surface area (Å²) in [5.41, 5.74) is 1.72. The van der Waals surface area contributed by atoms with Gasteiger partial charge in [0.1, 0.15) is 11.3 Å². The number of benzene rings is 1. The molecule has 2 heterocycles. The molecule has 5 nitrogen and oxygen atoms in total. The standard InChI is InChI=1S/C16H14ClNO4/c1-2-13-10(16(20)21)8-14(22-13)15(19)18-7-6-9-11(17)4-3-5-12(9)18/h3-5,8H,2,6-7H2,1H3,(H,20,21). The smallest absolute Gasteiger partial charge is 0.339 e. The van der Waals surface area contributed by atoms with E-state index in [4.69, 9.17) is 21.1 Å². The van der Waals surface area contributed by atoms with Gasteiger partial charge in [-0.15, -0.1) is 0 Å². The van der Waals surface area contributed by atoms with Crippen LogP contribution in [0.4, 0.5) is 5.69 Å². The first-order chi connectivity index (χ1) is 10.5. The molecule has 1 aromatic heterocycles. The number of amides is 1. The molecular weight excluding hydrogens is 306 g/mol. The molecule has 0 saturated carbocycles. The lowest BCUT2D eigenvalue weighted by molar-refractivity contribution is 0.0694. The van der Waals surface area contributed by atoms with Crippen LogP contribution in [0.3, 0.4) is 0 Å². The maximum Gasteiger partial charge on any atom is 0.339 e. The Morgan fingerprint density at radius 3 is 2.82 bits per heavy atom. The van der Waals surface area contributed by atoms with E-state index in [1.54, 1.807) is 24.0 Å². The van der Waals surface area contributed by atoms with Crippen LogP contribution in [0.15, 0.2) is 28.7 Å². The molecule has 1 aliphatic rings. The van der Waals surface area contributed by atoms with Crippen molar-refractivity contribution in [2.45, 2.75) is 19.8 Å². The number of furan rings is 1. The summed E-state index contributed by atoms with van der Waals surface area (Å²) < 4.78 is 5.44. The third kappa shape index (κ3) is 2.27. The Morgan fingerprint density at radius 1 is 1.41 bits per heavy atom. The van der Waals surface area contributed by atoms with Crippen LogP contribution in [-0.4, -0.2) is 23.5 Å². The average Bonchev–Trinajstić information content (AvgIpc) is 3.11. The van der Waals surface area contributed by atoms with E-state index >= 15 is 0 Å². The minimum atomic E-state index is -1.09. The maximum absolute atomic E-state index is 12.6. The number of halogens is 1. The van der Waals surface area contributed by atoms with Gasteiger partial charge in [0, 0.05) is 29.7 Å². The number of aromatic carboxylic acids is 1. The van der Waals surface area contributed by atoms with E-state index in [9.17, 15) is 9.59 Å². The van der Waals surface area contributed by atoms with Crippen LogP contribution in [0, 0.1) is 0 Å². The Labute approximate surface area is 132 Å². The lowest BCUT2D eigenvalue weighted by Crippen LogP contribution is -2.28. The van der Waals surface area contributed by atoms with E-state index in [0.29, 0.717) is 30.2 Å². The molecule has 6 heteroatoms. The van der Waals surface area contributed by atoms with Gasteiger partial charge in [-0.05, 0) is 24.1 Å². The number of fused-ring (bicyclic) bond motifs is 1. The van der Waals surface area contributed by atoms with Gasteiger partial charge >= 0.3 is 5.97 Å². The van der Waals surface area contributed by atoms with Crippen molar-refractivity contribution in [3.63, 3.8) is 0 Å². The van der Waals surface area contributed by atoms with Crippen molar-refractivity contribution in [1.82, 2.24) is 0 Å². The summed E-state index contributed by atoms with van der Waals surface area (Å²) in [5.74, 6) is -1.09. The van der Waals surface area contributed by atoms with Gasteiger partial charge in [-0.1, -0.05) is 24.6 Å². The third-order valence-corrected chi connectivity index (χ3v) is 4.14. The second kappa shape index (κ2) is 5.50. The Hall–Kier alpha value is -2.27. The van der Waals surface area contributed by atoms with Gasteiger partial charge in [0.15, 0.2) is 5.76 Å². The van der Waals surface area contributed by atoms with Gasteiger partial charge in [-0.25, -0.2) is 4.79 Å². The van der Waals surface area contributed by atoms with Gasteiger partial charge in [0.25, 0.3) is 5.91 Å². The molecule has 0 saturated heterocycles. The second-order valence-electron chi connectivity index (χ2n) is 5.05. The Morgan fingerprint density at radius 2 is 2.18 bits per heavy atom. The molecule has 1 aliphatic heterocycles. The van der Waals surface area contributed by atoms with Crippen molar-refractivity contribution in [2.75, 3.05) is 11.4 Å². The van der Waals surface area contributed by atoms with Crippen molar-refractivity contribution < 1.29 is 19.1 Å². The van der Waals surface area contributed by atoms with Gasteiger partial charge < -0.3 is 14.4 Å². The zero-order valence-electron chi connectivity index (χ0n) is 11.9. The van der Waals surface area contributed by atoms with Crippen LogP contribution >= 0.6 is 11.6 Å². The predicted octanol–water partition coefficient (Wildman–Crippen LogP) is 3.40. The minimum Gasteiger partial charge on any atom is -0.478 e. The Balaban J connectivity index is 1.97. The van der Waals surface area contributed by atoms with Gasteiger partial charge in [0.2, 0.25) is 0 Å². The molecule has 0 atom stereocenters. The summed E-state index contributed by atoms with van der Waals surface area (Å²) in [6.07, 6.45) is 1.09. The van der Waals surface area contributed by atoms with Crippen LogP contribution in [0.5, 0.6) is 0 Å². The van der Waals surface area contributed by atoms with Crippen molar-refractivity contribution in [3.05, 3.63) is 51.9 Å². The minimum absolute atomic E-state index is 0.0383. The summed E-state index contributed by atoms with van der Waals surface area (Å²) in [6.45, 7) is 2.28. The van der Waals surface area contributed by atoms with Crippen LogP contribution in [-0.2, 0) is 12.8 Å². The lowest BCUT2D eigenvalue weighted by atomic mass is 10.2. The number of anilines is 1. The largest absolute Gasteiger partial charge is 0.478 e. The normalized spacial score (nSPS) is 13.3. The molecule has 2 aromatic rings. The fraction of sp³-hybridized carbons (Fsp3) is 0.250. The highest BCUT2D eigenvalue weighted by atomic mass is 35.5. The molecule has 0 radical (unpaired) electrons. The highest BCUT2D eigenvalue weighted by molar-refractivity contribution is 6.32. The van der Waals surface area contributed by atoms with Crippen molar-refractivity contribution in [1.29, 1.82) is 0 Å². The van der Waals surface area contributed by atoms with Crippen LogP contribution < -0.4 is 4.90 Å². The molecule has 1 amide bonds. The number of carboxylic acid groups (broad SMARTS) is 1. The molecule has 1 N–H and O–H groups in total. The summed E-state index contributed by atoms with van der Waals surface area (Å²) in [4.78, 5) is 25.4. The number of carboxylic acids is 1. The van der Waals surface area contributed by atoms with E-state index in [-0.39, 0.29) is 17.2 Å². The van der Waals surface area contributed by atoms with E-state index < -0.39 is 5.97 Å².